The Hall–Kier alpha value is -1.88. The van der Waals surface area contributed by atoms with Gasteiger partial charge in [0.15, 0.2) is 0 Å². The van der Waals surface area contributed by atoms with Gasteiger partial charge in [-0.1, -0.05) is 13.8 Å². The molecule has 1 N–H and O–H groups in total. The van der Waals surface area contributed by atoms with Gasteiger partial charge >= 0.3 is 5.97 Å². The summed E-state index contributed by atoms with van der Waals surface area (Å²) in [4.78, 5) is 15.2. The maximum atomic E-state index is 10.7. The van der Waals surface area contributed by atoms with Crippen LogP contribution in [0.15, 0.2) is 29.6 Å². The Labute approximate surface area is 115 Å². The van der Waals surface area contributed by atoms with Crippen LogP contribution in [0.25, 0.3) is 0 Å². The van der Waals surface area contributed by atoms with E-state index in [9.17, 15) is 4.79 Å². The molecule has 0 aliphatic carbocycles. The molecule has 2 rings (SSSR count). The van der Waals surface area contributed by atoms with Crippen molar-refractivity contribution in [3.8, 4) is 5.75 Å². The van der Waals surface area contributed by atoms with Crippen LogP contribution in [0.2, 0.25) is 0 Å². The number of ether oxygens (including phenoxy) is 1. The van der Waals surface area contributed by atoms with Gasteiger partial charge in [0.2, 0.25) is 0 Å². The molecule has 0 aliphatic rings. The lowest BCUT2D eigenvalue weighted by Gasteiger charge is -2.04. The van der Waals surface area contributed by atoms with Crippen LogP contribution in [0.1, 0.15) is 40.8 Å². The van der Waals surface area contributed by atoms with Gasteiger partial charge in [-0.25, -0.2) is 9.78 Å². The first kappa shape index (κ1) is 13.5. The lowest BCUT2D eigenvalue weighted by Crippen LogP contribution is -1.98. The fourth-order valence-electron chi connectivity index (χ4n) is 1.50. The van der Waals surface area contributed by atoms with Crippen LogP contribution in [0.4, 0.5) is 0 Å². The maximum Gasteiger partial charge on any atom is 0.335 e. The third-order valence-electron chi connectivity index (χ3n) is 2.62. The normalized spacial score (nSPS) is 10.7. The van der Waals surface area contributed by atoms with E-state index < -0.39 is 5.97 Å². The Morgan fingerprint density at radius 1 is 1.37 bits per heavy atom. The predicted octanol–water partition coefficient (Wildman–Crippen LogP) is 3.54. The molecule has 19 heavy (non-hydrogen) atoms. The van der Waals surface area contributed by atoms with Gasteiger partial charge in [-0.05, 0) is 30.2 Å². The summed E-state index contributed by atoms with van der Waals surface area (Å²) in [7, 11) is 0. The third-order valence-corrected chi connectivity index (χ3v) is 3.47. The molecule has 0 saturated carbocycles. The van der Waals surface area contributed by atoms with Crippen LogP contribution in [-0.4, -0.2) is 16.1 Å². The summed E-state index contributed by atoms with van der Waals surface area (Å²) in [6.45, 7) is 4.61. The number of aromatic carboxylic acids is 1. The maximum absolute atomic E-state index is 10.7. The number of thiazole rings is 1. The molecule has 0 unspecified atom stereocenters. The first-order chi connectivity index (χ1) is 9.06. The minimum absolute atomic E-state index is 0.253. The molecule has 0 amide bonds. The number of benzene rings is 1. The molecule has 0 saturated heterocycles. The molecule has 2 aromatic rings. The number of carbonyl (C=O) groups is 1. The zero-order chi connectivity index (χ0) is 13.8. The molecule has 0 fully saturated rings. The van der Waals surface area contributed by atoms with E-state index in [1.807, 2.05) is 5.38 Å². The number of carboxylic acid groups (broad SMARTS) is 1. The van der Waals surface area contributed by atoms with E-state index in [0.717, 1.165) is 10.7 Å². The lowest BCUT2D eigenvalue weighted by molar-refractivity contribution is 0.0697. The summed E-state index contributed by atoms with van der Waals surface area (Å²) >= 11 is 1.57. The molecule has 100 valence electrons. The van der Waals surface area contributed by atoms with Gasteiger partial charge in [0.25, 0.3) is 0 Å². The van der Waals surface area contributed by atoms with Crippen molar-refractivity contribution in [3.63, 3.8) is 0 Å². The van der Waals surface area contributed by atoms with Crippen molar-refractivity contribution in [2.45, 2.75) is 26.4 Å². The summed E-state index contributed by atoms with van der Waals surface area (Å²) < 4.78 is 5.57. The fourth-order valence-corrected chi connectivity index (χ4v) is 2.36. The molecule has 0 aliphatic heterocycles. The van der Waals surface area contributed by atoms with Gasteiger partial charge in [-0.3, -0.25) is 0 Å². The Balaban J connectivity index is 1.96. The third kappa shape index (κ3) is 3.54. The van der Waals surface area contributed by atoms with E-state index >= 15 is 0 Å². The first-order valence-corrected chi connectivity index (χ1v) is 6.84. The molecule has 0 radical (unpaired) electrons. The molecular formula is C14H15NO3S. The van der Waals surface area contributed by atoms with Crippen LogP contribution >= 0.6 is 11.3 Å². The molecule has 0 spiro atoms. The Kier molecular flexibility index (Phi) is 4.16. The zero-order valence-corrected chi connectivity index (χ0v) is 11.6. The van der Waals surface area contributed by atoms with E-state index in [1.165, 1.54) is 12.1 Å². The number of rotatable bonds is 5. The van der Waals surface area contributed by atoms with E-state index in [0.29, 0.717) is 18.3 Å². The van der Waals surface area contributed by atoms with Crippen LogP contribution in [0, 0.1) is 0 Å². The lowest BCUT2D eigenvalue weighted by atomic mass is 10.2. The van der Waals surface area contributed by atoms with Gasteiger partial charge in [0.1, 0.15) is 17.4 Å². The largest absolute Gasteiger partial charge is 0.486 e. The smallest absolute Gasteiger partial charge is 0.335 e. The summed E-state index contributed by atoms with van der Waals surface area (Å²) in [5.74, 6) is 0.124. The number of hydrogen-bond acceptors (Lipinski definition) is 4. The SMILES string of the molecule is CC(C)c1csc(COc2ccc(C(=O)O)cc2)n1. The highest BCUT2D eigenvalue weighted by Crippen LogP contribution is 2.20. The Morgan fingerprint density at radius 3 is 2.58 bits per heavy atom. The highest BCUT2D eigenvalue weighted by molar-refractivity contribution is 7.09. The summed E-state index contributed by atoms with van der Waals surface area (Å²) in [5.41, 5.74) is 1.33. The quantitative estimate of drug-likeness (QED) is 0.908. The average molecular weight is 277 g/mol. The highest BCUT2D eigenvalue weighted by atomic mass is 32.1. The van der Waals surface area contributed by atoms with Crippen molar-refractivity contribution in [1.29, 1.82) is 0 Å². The van der Waals surface area contributed by atoms with Gasteiger partial charge in [-0.2, -0.15) is 0 Å². The van der Waals surface area contributed by atoms with E-state index in [4.69, 9.17) is 9.84 Å². The van der Waals surface area contributed by atoms with Crippen molar-refractivity contribution < 1.29 is 14.6 Å². The minimum Gasteiger partial charge on any atom is -0.486 e. The molecule has 1 aromatic heterocycles. The van der Waals surface area contributed by atoms with Crippen molar-refractivity contribution >= 4 is 17.3 Å². The summed E-state index contributed by atoms with van der Waals surface area (Å²) in [6.07, 6.45) is 0. The second kappa shape index (κ2) is 5.84. The monoisotopic (exact) mass is 277 g/mol. The molecule has 4 nitrogen and oxygen atoms in total. The van der Waals surface area contributed by atoms with Crippen LogP contribution in [0.5, 0.6) is 5.75 Å². The summed E-state index contributed by atoms with van der Waals surface area (Å²) in [6, 6.07) is 6.36. The molecule has 0 atom stereocenters. The Morgan fingerprint density at radius 2 is 2.05 bits per heavy atom. The number of nitrogens with zero attached hydrogens (tertiary/aromatic N) is 1. The minimum atomic E-state index is -0.937. The van der Waals surface area contributed by atoms with E-state index in [-0.39, 0.29) is 5.56 Å². The number of carboxylic acids is 1. The van der Waals surface area contributed by atoms with Crippen molar-refractivity contribution in [2.75, 3.05) is 0 Å². The predicted molar refractivity (Wildman–Crippen MR) is 73.9 cm³/mol. The fraction of sp³-hybridized carbons (Fsp3) is 0.286. The second-order valence-electron chi connectivity index (χ2n) is 4.44. The van der Waals surface area contributed by atoms with E-state index in [2.05, 4.69) is 18.8 Å². The van der Waals surface area contributed by atoms with Gasteiger partial charge < -0.3 is 9.84 Å². The molecule has 1 heterocycles. The zero-order valence-electron chi connectivity index (χ0n) is 10.8. The molecule has 1 aromatic carbocycles. The van der Waals surface area contributed by atoms with Crippen molar-refractivity contribution in [3.05, 3.63) is 45.9 Å². The van der Waals surface area contributed by atoms with Crippen molar-refractivity contribution in [2.24, 2.45) is 0 Å². The van der Waals surface area contributed by atoms with Gasteiger partial charge in [-0.15, -0.1) is 11.3 Å². The van der Waals surface area contributed by atoms with Gasteiger partial charge in [0.05, 0.1) is 11.3 Å². The van der Waals surface area contributed by atoms with Crippen LogP contribution in [-0.2, 0) is 6.61 Å². The number of aromatic nitrogens is 1. The van der Waals surface area contributed by atoms with Crippen molar-refractivity contribution in [1.82, 2.24) is 4.98 Å². The van der Waals surface area contributed by atoms with Crippen LogP contribution < -0.4 is 4.74 Å². The Bertz CT molecular complexity index is 560. The first-order valence-electron chi connectivity index (χ1n) is 5.96. The topological polar surface area (TPSA) is 59.4 Å². The second-order valence-corrected chi connectivity index (χ2v) is 5.38. The highest BCUT2D eigenvalue weighted by Gasteiger charge is 2.07. The molecule has 0 bridgehead atoms. The van der Waals surface area contributed by atoms with Crippen LogP contribution in [0.3, 0.4) is 0 Å². The molecule has 5 heteroatoms. The summed E-state index contributed by atoms with van der Waals surface area (Å²) in [5, 5.41) is 11.7. The average Bonchev–Trinajstić information content (AvgIpc) is 2.86. The van der Waals surface area contributed by atoms with Gasteiger partial charge in [0, 0.05) is 5.38 Å². The standard InChI is InChI=1S/C14H15NO3S/c1-9(2)12-8-19-13(15-12)7-18-11-5-3-10(4-6-11)14(16)17/h3-6,8-9H,7H2,1-2H3,(H,16,17). The van der Waals surface area contributed by atoms with E-state index in [1.54, 1.807) is 23.5 Å². The molecular weight excluding hydrogens is 262 g/mol. The number of hydrogen-bond donors (Lipinski definition) is 1.